The second-order valence-electron chi connectivity index (χ2n) is 6.01. The molecule has 1 aliphatic rings. The molecule has 0 bridgehead atoms. The second kappa shape index (κ2) is 7.10. The highest BCUT2D eigenvalue weighted by Gasteiger charge is 2.33. The molecule has 0 spiro atoms. The minimum Gasteiger partial charge on any atom is -0.497 e. The fourth-order valence-electron chi connectivity index (χ4n) is 3.24. The highest BCUT2D eigenvalue weighted by atomic mass is 16.5. The lowest BCUT2D eigenvalue weighted by molar-refractivity contribution is 0.170. The summed E-state index contributed by atoms with van der Waals surface area (Å²) >= 11 is 0. The first-order valence-electron chi connectivity index (χ1n) is 8.14. The van der Waals surface area contributed by atoms with Crippen LogP contribution in [0.1, 0.15) is 37.2 Å². The van der Waals surface area contributed by atoms with Gasteiger partial charge in [-0.1, -0.05) is 19.1 Å². The Morgan fingerprint density at radius 1 is 1.39 bits per heavy atom. The summed E-state index contributed by atoms with van der Waals surface area (Å²) in [7, 11) is 1.67. The number of rotatable bonds is 6. The zero-order valence-electron chi connectivity index (χ0n) is 13.7. The molecule has 2 aromatic rings. The number of likely N-dealkylation sites (tertiary alicyclic amines) is 1. The number of ether oxygens (including phenoxy) is 1. The monoisotopic (exact) mass is 316 g/mol. The number of benzene rings is 1. The van der Waals surface area contributed by atoms with Crippen molar-refractivity contribution < 1.29 is 9.84 Å². The van der Waals surface area contributed by atoms with Gasteiger partial charge < -0.3 is 9.84 Å². The number of β-amino-alcohol motifs (C(OH)–C–C–N with tert-alkyl or cyclic N) is 1. The molecule has 1 fully saturated rings. The Balaban J connectivity index is 1.80. The molecule has 1 saturated heterocycles. The number of methoxy groups -OCH3 is 1. The van der Waals surface area contributed by atoms with Crippen LogP contribution in [-0.4, -0.2) is 44.5 Å². The van der Waals surface area contributed by atoms with Crippen LogP contribution in [0, 0.1) is 0 Å². The molecule has 2 atom stereocenters. The Hall–Kier alpha value is -1.92. The van der Waals surface area contributed by atoms with E-state index in [1.165, 1.54) is 5.56 Å². The summed E-state index contributed by atoms with van der Waals surface area (Å²) in [6, 6.07) is 8.25. The molecule has 1 aromatic heterocycles. The molecule has 23 heavy (non-hydrogen) atoms. The Morgan fingerprint density at radius 2 is 2.26 bits per heavy atom. The maximum absolute atomic E-state index is 10.1. The van der Waals surface area contributed by atoms with Crippen molar-refractivity contribution in [3.8, 4) is 5.75 Å². The first-order chi connectivity index (χ1) is 11.2. The minimum absolute atomic E-state index is 0.173. The van der Waals surface area contributed by atoms with E-state index >= 15 is 0 Å². The summed E-state index contributed by atoms with van der Waals surface area (Å²) in [6.07, 6.45) is 3.06. The third-order valence-corrected chi connectivity index (χ3v) is 4.34. The van der Waals surface area contributed by atoms with Crippen LogP contribution in [0.15, 0.2) is 30.6 Å². The van der Waals surface area contributed by atoms with Gasteiger partial charge in [-0.15, -0.1) is 0 Å². The molecule has 2 heterocycles. The van der Waals surface area contributed by atoms with Gasteiger partial charge in [0.05, 0.1) is 19.8 Å². The van der Waals surface area contributed by atoms with Crippen molar-refractivity contribution in [2.45, 2.75) is 45.0 Å². The van der Waals surface area contributed by atoms with Crippen LogP contribution in [0.2, 0.25) is 0 Å². The normalized spacial score (nSPS) is 21.7. The molecular weight excluding hydrogens is 292 g/mol. The quantitative estimate of drug-likeness (QED) is 0.883. The fraction of sp³-hybridized carbons (Fsp3) is 0.529. The molecule has 0 saturated carbocycles. The standard InChI is InChI=1S/C17H24N4O2/c1-3-7-21-17(18-12-19-21)11-20-10-14(22)9-16(20)13-5-4-6-15(8-13)23-2/h4-6,8,12,14,16,22H,3,7,9-11H2,1-2H3/t14-,16+/m1/s1. The highest BCUT2D eigenvalue weighted by Crippen LogP contribution is 2.34. The number of hydrogen-bond donors (Lipinski definition) is 1. The third-order valence-electron chi connectivity index (χ3n) is 4.34. The maximum atomic E-state index is 10.1. The smallest absolute Gasteiger partial charge is 0.141 e. The van der Waals surface area contributed by atoms with Gasteiger partial charge in [-0.2, -0.15) is 5.10 Å². The van der Waals surface area contributed by atoms with E-state index in [1.54, 1.807) is 13.4 Å². The maximum Gasteiger partial charge on any atom is 0.141 e. The number of aliphatic hydroxyl groups is 1. The average molecular weight is 316 g/mol. The van der Waals surface area contributed by atoms with Gasteiger partial charge in [0.15, 0.2) is 0 Å². The molecule has 0 amide bonds. The molecule has 3 rings (SSSR count). The Morgan fingerprint density at radius 3 is 3.04 bits per heavy atom. The molecule has 0 unspecified atom stereocenters. The van der Waals surface area contributed by atoms with Gasteiger partial charge in [-0.25, -0.2) is 9.67 Å². The fourth-order valence-corrected chi connectivity index (χ4v) is 3.24. The Bertz CT molecular complexity index is 643. The Labute approximate surface area is 136 Å². The van der Waals surface area contributed by atoms with Crippen molar-refractivity contribution in [3.63, 3.8) is 0 Å². The number of hydrogen-bond acceptors (Lipinski definition) is 5. The van der Waals surface area contributed by atoms with E-state index < -0.39 is 0 Å². The first-order valence-corrected chi connectivity index (χ1v) is 8.14. The number of aromatic nitrogens is 3. The predicted molar refractivity (Wildman–Crippen MR) is 87.1 cm³/mol. The molecule has 0 radical (unpaired) electrons. The lowest BCUT2D eigenvalue weighted by Crippen LogP contribution is -2.26. The summed E-state index contributed by atoms with van der Waals surface area (Å²) in [5, 5.41) is 14.4. The zero-order valence-corrected chi connectivity index (χ0v) is 13.7. The van der Waals surface area contributed by atoms with Crippen LogP contribution in [0.25, 0.3) is 0 Å². The largest absolute Gasteiger partial charge is 0.497 e. The summed E-state index contributed by atoms with van der Waals surface area (Å²) in [5.74, 6) is 1.80. The van der Waals surface area contributed by atoms with Gasteiger partial charge in [0.1, 0.15) is 17.9 Å². The van der Waals surface area contributed by atoms with E-state index in [1.807, 2.05) is 22.9 Å². The minimum atomic E-state index is -0.311. The van der Waals surface area contributed by atoms with Crippen LogP contribution in [-0.2, 0) is 13.1 Å². The average Bonchev–Trinajstić information content (AvgIpc) is 3.15. The van der Waals surface area contributed by atoms with Crippen LogP contribution < -0.4 is 4.74 Å². The summed E-state index contributed by atoms with van der Waals surface area (Å²) in [6.45, 7) is 4.35. The van der Waals surface area contributed by atoms with E-state index in [9.17, 15) is 5.11 Å². The van der Waals surface area contributed by atoms with E-state index in [0.29, 0.717) is 13.1 Å². The van der Waals surface area contributed by atoms with E-state index in [2.05, 4.69) is 28.0 Å². The molecule has 6 nitrogen and oxygen atoms in total. The molecule has 0 aliphatic carbocycles. The molecule has 6 heteroatoms. The third kappa shape index (κ3) is 3.54. The van der Waals surface area contributed by atoms with Crippen LogP contribution in [0.5, 0.6) is 5.75 Å². The second-order valence-corrected chi connectivity index (χ2v) is 6.01. The van der Waals surface area contributed by atoms with Crippen molar-refractivity contribution in [1.82, 2.24) is 19.7 Å². The molecule has 124 valence electrons. The van der Waals surface area contributed by atoms with Gasteiger partial charge in [0, 0.05) is 19.1 Å². The van der Waals surface area contributed by atoms with Crippen molar-refractivity contribution in [2.24, 2.45) is 0 Å². The number of aryl methyl sites for hydroxylation is 1. The summed E-state index contributed by atoms with van der Waals surface area (Å²) in [4.78, 5) is 6.66. The molecule has 1 aliphatic heterocycles. The number of aliphatic hydroxyl groups excluding tert-OH is 1. The van der Waals surface area contributed by atoms with Crippen molar-refractivity contribution in [2.75, 3.05) is 13.7 Å². The molecular formula is C17H24N4O2. The zero-order chi connectivity index (χ0) is 16.2. The Kier molecular flexibility index (Phi) is 4.93. The van der Waals surface area contributed by atoms with Crippen LogP contribution >= 0.6 is 0 Å². The number of nitrogens with zero attached hydrogens (tertiary/aromatic N) is 4. The SMILES string of the molecule is CCCn1ncnc1CN1C[C@H](O)C[C@H]1c1cccc(OC)c1. The van der Waals surface area contributed by atoms with Crippen molar-refractivity contribution in [3.05, 3.63) is 42.0 Å². The van der Waals surface area contributed by atoms with Crippen LogP contribution in [0.3, 0.4) is 0 Å². The first kappa shape index (κ1) is 16.0. The lowest BCUT2D eigenvalue weighted by atomic mass is 10.0. The predicted octanol–water partition coefficient (Wildman–Crippen LogP) is 2.00. The van der Waals surface area contributed by atoms with Crippen LogP contribution in [0.4, 0.5) is 0 Å². The summed E-state index contributed by atoms with van der Waals surface area (Å²) < 4.78 is 7.28. The summed E-state index contributed by atoms with van der Waals surface area (Å²) in [5.41, 5.74) is 1.17. The van der Waals surface area contributed by atoms with Crippen molar-refractivity contribution >= 4 is 0 Å². The van der Waals surface area contributed by atoms with E-state index in [-0.39, 0.29) is 12.1 Å². The van der Waals surface area contributed by atoms with Gasteiger partial charge >= 0.3 is 0 Å². The lowest BCUT2D eigenvalue weighted by Gasteiger charge is -2.24. The van der Waals surface area contributed by atoms with Gasteiger partial charge in [0.25, 0.3) is 0 Å². The van der Waals surface area contributed by atoms with Crippen molar-refractivity contribution in [1.29, 1.82) is 0 Å². The molecule has 1 N–H and O–H groups in total. The van der Waals surface area contributed by atoms with E-state index in [4.69, 9.17) is 4.74 Å². The highest BCUT2D eigenvalue weighted by molar-refractivity contribution is 5.31. The van der Waals surface area contributed by atoms with Gasteiger partial charge in [-0.3, -0.25) is 4.90 Å². The van der Waals surface area contributed by atoms with Gasteiger partial charge in [-0.05, 0) is 30.5 Å². The van der Waals surface area contributed by atoms with E-state index in [0.717, 1.165) is 31.0 Å². The molecule has 1 aromatic carbocycles. The topological polar surface area (TPSA) is 63.4 Å². The van der Waals surface area contributed by atoms with Gasteiger partial charge in [0.2, 0.25) is 0 Å².